The Labute approximate surface area is 180 Å². The number of hydrogen-bond acceptors (Lipinski definition) is 7. The largest absolute Gasteiger partial charge is 0.451 e. The van der Waals surface area contributed by atoms with Gasteiger partial charge in [-0.15, -0.1) is 0 Å². The lowest BCUT2D eigenvalue weighted by atomic mass is 9.95. The van der Waals surface area contributed by atoms with Gasteiger partial charge in [-0.1, -0.05) is 35.4 Å². The van der Waals surface area contributed by atoms with E-state index in [1.54, 1.807) is 48.5 Å². The van der Waals surface area contributed by atoms with E-state index in [0.717, 1.165) is 11.1 Å². The first-order chi connectivity index (χ1) is 14.8. The second kappa shape index (κ2) is 10.0. The third-order valence-electron chi connectivity index (χ3n) is 5.23. The van der Waals surface area contributed by atoms with E-state index in [-0.39, 0.29) is 0 Å². The predicted molar refractivity (Wildman–Crippen MR) is 112 cm³/mol. The second-order valence-corrected chi connectivity index (χ2v) is 7.55. The van der Waals surface area contributed by atoms with Crippen LogP contribution in [0.4, 0.5) is 0 Å². The summed E-state index contributed by atoms with van der Waals surface area (Å²) < 4.78 is 16.5. The van der Waals surface area contributed by atoms with Crippen molar-refractivity contribution in [1.29, 1.82) is 0 Å². The van der Waals surface area contributed by atoms with Crippen LogP contribution in [0.5, 0.6) is 0 Å². The van der Waals surface area contributed by atoms with E-state index in [0.29, 0.717) is 11.1 Å². The molecule has 1 saturated heterocycles. The van der Waals surface area contributed by atoms with Crippen LogP contribution in [0.2, 0.25) is 0 Å². The SMILES string of the molecule is CO[C@@H]1O[C@H](CO)[C@H](O)[C@H](NC(=O)c2ccc(C)cc2)[C@@H]1OC(=O)c1ccc(C)cc1. The summed E-state index contributed by atoms with van der Waals surface area (Å²) >= 11 is 0. The molecule has 8 heteroatoms. The van der Waals surface area contributed by atoms with Crippen molar-refractivity contribution < 1.29 is 34.0 Å². The summed E-state index contributed by atoms with van der Waals surface area (Å²) in [7, 11) is 1.35. The zero-order valence-corrected chi connectivity index (χ0v) is 17.6. The Kier molecular flexibility index (Phi) is 7.40. The van der Waals surface area contributed by atoms with Gasteiger partial charge in [-0.25, -0.2) is 4.79 Å². The molecule has 0 spiro atoms. The molecule has 0 bridgehead atoms. The van der Waals surface area contributed by atoms with Crippen molar-refractivity contribution in [3.63, 3.8) is 0 Å². The van der Waals surface area contributed by atoms with Gasteiger partial charge in [0.15, 0.2) is 12.4 Å². The minimum Gasteiger partial charge on any atom is -0.451 e. The smallest absolute Gasteiger partial charge is 0.338 e. The molecule has 31 heavy (non-hydrogen) atoms. The van der Waals surface area contributed by atoms with Crippen molar-refractivity contribution in [1.82, 2.24) is 5.32 Å². The number of esters is 1. The first kappa shape index (κ1) is 22.9. The van der Waals surface area contributed by atoms with E-state index in [4.69, 9.17) is 14.2 Å². The van der Waals surface area contributed by atoms with Gasteiger partial charge in [-0.05, 0) is 38.1 Å². The lowest BCUT2D eigenvalue weighted by molar-refractivity contribution is -0.269. The number of benzene rings is 2. The van der Waals surface area contributed by atoms with E-state index in [2.05, 4.69) is 5.32 Å². The Morgan fingerprint density at radius 3 is 2.06 bits per heavy atom. The summed E-state index contributed by atoms with van der Waals surface area (Å²) in [6, 6.07) is 12.6. The van der Waals surface area contributed by atoms with Crippen molar-refractivity contribution >= 4 is 11.9 Å². The van der Waals surface area contributed by atoms with Crippen LogP contribution < -0.4 is 5.32 Å². The Hall–Kier alpha value is -2.78. The van der Waals surface area contributed by atoms with Gasteiger partial charge in [0, 0.05) is 12.7 Å². The summed E-state index contributed by atoms with van der Waals surface area (Å²) in [6.07, 6.45) is -4.60. The number of methoxy groups -OCH3 is 1. The Morgan fingerprint density at radius 2 is 1.55 bits per heavy atom. The Balaban J connectivity index is 1.85. The molecule has 8 nitrogen and oxygen atoms in total. The number of carbonyl (C=O) groups excluding carboxylic acids is 2. The van der Waals surface area contributed by atoms with E-state index in [1.165, 1.54) is 7.11 Å². The van der Waals surface area contributed by atoms with E-state index >= 15 is 0 Å². The number of rotatable bonds is 6. The van der Waals surface area contributed by atoms with Crippen LogP contribution >= 0.6 is 0 Å². The number of carbonyl (C=O) groups is 2. The van der Waals surface area contributed by atoms with Crippen molar-refractivity contribution in [2.45, 2.75) is 44.5 Å². The second-order valence-electron chi connectivity index (χ2n) is 7.55. The molecule has 5 atom stereocenters. The normalized spacial score (nSPS) is 25.6. The predicted octanol–water partition coefficient (Wildman–Crippen LogP) is 1.35. The summed E-state index contributed by atoms with van der Waals surface area (Å²) in [4.78, 5) is 25.5. The fourth-order valence-corrected chi connectivity index (χ4v) is 3.38. The molecule has 1 heterocycles. The molecule has 166 valence electrons. The van der Waals surface area contributed by atoms with Gasteiger partial charge < -0.3 is 29.7 Å². The van der Waals surface area contributed by atoms with Crippen LogP contribution in [0.1, 0.15) is 31.8 Å². The molecular weight excluding hydrogens is 402 g/mol. The molecule has 2 aromatic rings. The van der Waals surface area contributed by atoms with E-state index in [9.17, 15) is 19.8 Å². The molecule has 3 N–H and O–H groups in total. The minimum absolute atomic E-state index is 0.308. The molecule has 0 aromatic heterocycles. The lowest BCUT2D eigenvalue weighted by Crippen LogP contribution is -2.65. The van der Waals surface area contributed by atoms with Crippen LogP contribution in [0.25, 0.3) is 0 Å². The van der Waals surface area contributed by atoms with Gasteiger partial charge in [-0.3, -0.25) is 4.79 Å². The third-order valence-corrected chi connectivity index (χ3v) is 5.23. The van der Waals surface area contributed by atoms with Gasteiger partial charge in [0.25, 0.3) is 5.91 Å². The molecule has 0 unspecified atom stereocenters. The van der Waals surface area contributed by atoms with Crippen molar-refractivity contribution in [2.24, 2.45) is 0 Å². The summed E-state index contributed by atoms with van der Waals surface area (Å²) in [5, 5.41) is 23.0. The number of amides is 1. The molecule has 0 saturated carbocycles. The maximum absolute atomic E-state index is 12.8. The molecule has 3 rings (SSSR count). The van der Waals surface area contributed by atoms with Gasteiger partial charge in [-0.2, -0.15) is 0 Å². The van der Waals surface area contributed by atoms with Crippen molar-refractivity contribution in [3.05, 3.63) is 70.8 Å². The molecule has 2 aromatic carbocycles. The van der Waals surface area contributed by atoms with Crippen LogP contribution in [0.15, 0.2) is 48.5 Å². The van der Waals surface area contributed by atoms with Crippen LogP contribution in [-0.4, -0.2) is 66.4 Å². The Morgan fingerprint density at radius 1 is 1.00 bits per heavy atom. The number of ether oxygens (including phenoxy) is 3. The quantitative estimate of drug-likeness (QED) is 0.594. The number of aryl methyl sites for hydroxylation is 2. The maximum atomic E-state index is 12.8. The van der Waals surface area contributed by atoms with Crippen LogP contribution in [-0.2, 0) is 14.2 Å². The highest BCUT2D eigenvalue weighted by atomic mass is 16.7. The fraction of sp³-hybridized carbons (Fsp3) is 0.391. The average molecular weight is 429 g/mol. The minimum atomic E-state index is -1.33. The molecular formula is C23H27NO7. The first-order valence-electron chi connectivity index (χ1n) is 9.96. The van der Waals surface area contributed by atoms with Crippen LogP contribution in [0, 0.1) is 13.8 Å². The number of nitrogens with one attached hydrogen (secondary N) is 1. The van der Waals surface area contributed by atoms with Gasteiger partial charge in [0.05, 0.1) is 18.2 Å². The van der Waals surface area contributed by atoms with E-state index in [1.807, 2.05) is 13.8 Å². The van der Waals surface area contributed by atoms with Crippen molar-refractivity contribution in [3.8, 4) is 0 Å². The molecule has 1 amide bonds. The summed E-state index contributed by atoms with van der Waals surface area (Å²) in [6.45, 7) is 3.29. The maximum Gasteiger partial charge on any atom is 0.338 e. The molecule has 0 aliphatic carbocycles. The third kappa shape index (κ3) is 5.29. The lowest BCUT2D eigenvalue weighted by Gasteiger charge is -2.43. The molecule has 1 aliphatic heterocycles. The topological polar surface area (TPSA) is 114 Å². The van der Waals surface area contributed by atoms with Crippen LogP contribution in [0.3, 0.4) is 0 Å². The average Bonchev–Trinajstić information content (AvgIpc) is 2.77. The number of aliphatic hydroxyl groups is 2. The number of hydrogen-bond donors (Lipinski definition) is 3. The summed E-state index contributed by atoms with van der Waals surface area (Å²) in [5.41, 5.74) is 2.66. The first-order valence-corrected chi connectivity index (χ1v) is 9.96. The number of aliphatic hydroxyl groups excluding tert-OH is 2. The van der Waals surface area contributed by atoms with Gasteiger partial charge in [0.1, 0.15) is 12.2 Å². The highest BCUT2D eigenvalue weighted by Crippen LogP contribution is 2.25. The van der Waals surface area contributed by atoms with Gasteiger partial charge in [0.2, 0.25) is 0 Å². The molecule has 0 radical (unpaired) electrons. The zero-order chi connectivity index (χ0) is 22.5. The standard InChI is InChI=1S/C23H27NO7/c1-13-4-8-15(9-5-13)21(27)24-18-19(26)17(12-25)30-23(29-3)20(18)31-22(28)16-10-6-14(2)7-11-16/h4-11,17-20,23,25-26H,12H2,1-3H3,(H,24,27)/t17-,18+,19+,20+,23-/m1/s1. The monoisotopic (exact) mass is 429 g/mol. The fourth-order valence-electron chi connectivity index (χ4n) is 3.38. The summed E-state index contributed by atoms with van der Waals surface area (Å²) in [5.74, 6) is -1.12. The highest BCUT2D eigenvalue weighted by molar-refractivity contribution is 5.94. The highest BCUT2D eigenvalue weighted by Gasteiger charge is 2.48. The van der Waals surface area contributed by atoms with Gasteiger partial charge >= 0.3 is 5.97 Å². The van der Waals surface area contributed by atoms with Crippen molar-refractivity contribution in [2.75, 3.05) is 13.7 Å². The Bertz CT molecular complexity index is 897. The zero-order valence-electron chi connectivity index (χ0n) is 17.6. The van der Waals surface area contributed by atoms with E-state index < -0.39 is 49.1 Å². The molecule has 1 fully saturated rings. The molecule has 1 aliphatic rings.